The summed E-state index contributed by atoms with van der Waals surface area (Å²) in [5.74, 6) is -0.0763. The van der Waals surface area contributed by atoms with Gasteiger partial charge in [0.2, 0.25) is 5.91 Å². The molecule has 0 radical (unpaired) electrons. The van der Waals surface area contributed by atoms with Crippen molar-refractivity contribution in [1.82, 2.24) is 4.90 Å². The summed E-state index contributed by atoms with van der Waals surface area (Å²) in [6.07, 6.45) is 2.59. The lowest BCUT2D eigenvalue weighted by molar-refractivity contribution is -0.158. The zero-order valence-corrected chi connectivity index (χ0v) is 18.0. The number of para-hydroxylation sites is 1. The van der Waals surface area contributed by atoms with Crippen LogP contribution in [0.4, 0.5) is 0 Å². The average Bonchev–Trinajstić information content (AvgIpc) is 2.81. The van der Waals surface area contributed by atoms with Crippen LogP contribution in [0.25, 0.3) is 0 Å². The zero-order valence-electron chi connectivity index (χ0n) is 18.0. The number of amides is 1. The number of nitriles is 1. The van der Waals surface area contributed by atoms with Crippen molar-refractivity contribution in [3.63, 3.8) is 0 Å². The first-order valence-electron chi connectivity index (χ1n) is 10.7. The SMILES string of the molecule is CCCCN1C(=O)CCC(C(=O)OCc2ccc(C#N)cc2)C1c1ccccc1OC. The molecule has 1 aliphatic heterocycles. The average molecular weight is 421 g/mol. The summed E-state index contributed by atoms with van der Waals surface area (Å²) in [6, 6.07) is 16.2. The number of hydrogen-bond donors (Lipinski definition) is 0. The minimum atomic E-state index is -0.468. The Balaban J connectivity index is 1.85. The van der Waals surface area contributed by atoms with Crippen molar-refractivity contribution in [2.45, 2.75) is 45.3 Å². The summed E-state index contributed by atoms with van der Waals surface area (Å²) < 4.78 is 11.2. The van der Waals surface area contributed by atoms with Crippen LogP contribution in [0.15, 0.2) is 48.5 Å². The number of carbonyl (C=O) groups excluding carboxylic acids is 2. The van der Waals surface area contributed by atoms with E-state index in [0.717, 1.165) is 24.0 Å². The first-order valence-corrected chi connectivity index (χ1v) is 10.7. The van der Waals surface area contributed by atoms with Crippen LogP contribution in [0.1, 0.15) is 55.3 Å². The maximum atomic E-state index is 13.2. The van der Waals surface area contributed by atoms with Crippen LogP contribution >= 0.6 is 0 Å². The predicted molar refractivity (Wildman–Crippen MR) is 116 cm³/mol. The van der Waals surface area contributed by atoms with Gasteiger partial charge in [-0.2, -0.15) is 5.26 Å². The Morgan fingerprint density at radius 2 is 1.94 bits per heavy atom. The second-order valence-corrected chi connectivity index (χ2v) is 7.69. The second-order valence-electron chi connectivity index (χ2n) is 7.69. The number of ether oxygens (including phenoxy) is 2. The standard InChI is InChI=1S/C25H28N2O4/c1-3-4-15-27-23(28)14-13-21(24(27)20-7-5-6-8-22(20)30-2)25(29)31-17-19-11-9-18(16-26)10-12-19/h5-12,21,24H,3-4,13-15,17H2,1-2H3. The molecule has 0 bridgehead atoms. The molecule has 1 fully saturated rings. The van der Waals surface area contributed by atoms with Crippen LogP contribution in [0.5, 0.6) is 5.75 Å². The van der Waals surface area contributed by atoms with E-state index in [1.54, 1.807) is 31.4 Å². The molecule has 6 nitrogen and oxygen atoms in total. The zero-order chi connectivity index (χ0) is 22.2. The number of methoxy groups -OCH3 is 1. The molecule has 1 heterocycles. The molecule has 162 valence electrons. The van der Waals surface area contributed by atoms with Gasteiger partial charge in [0, 0.05) is 18.5 Å². The number of rotatable bonds is 8. The minimum Gasteiger partial charge on any atom is -0.496 e. The van der Waals surface area contributed by atoms with Gasteiger partial charge in [0.15, 0.2) is 0 Å². The van der Waals surface area contributed by atoms with Gasteiger partial charge in [-0.15, -0.1) is 0 Å². The highest BCUT2D eigenvalue weighted by molar-refractivity contribution is 5.82. The van der Waals surface area contributed by atoms with Crippen molar-refractivity contribution in [2.75, 3.05) is 13.7 Å². The van der Waals surface area contributed by atoms with Gasteiger partial charge < -0.3 is 14.4 Å². The number of carbonyl (C=O) groups is 2. The van der Waals surface area contributed by atoms with E-state index < -0.39 is 12.0 Å². The van der Waals surface area contributed by atoms with Crippen molar-refractivity contribution in [3.8, 4) is 11.8 Å². The van der Waals surface area contributed by atoms with Gasteiger partial charge in [0.25, 0.3) is 0 Å². The molecule has 0 spiro atoms. The molecule has 2 unspecified atom stereocenters. The topological polar surface area (TPSA) is 79.6 Å². The van der Waals surface area contributed by atoms with E-state index in [0.29, 0.717) is 30.7 Å². The van der Waals surface area contributed by atoms with Crippen molar-refractivity contribution in [3.05, 3.63) is 65.2 Å². The fraction of sp³-hybridized carbons (Fsp3) is 0.400. The predicted octanol–water partition coefficient (Wildman–Crippen LogP) is 4.39. The van der Waals surface area contributed by atoms with Gasteiger partial charge in [-0.1, -0.05) is 43.7 Å². The molecule has 3 rings (SSSR count). The Labute approximate surface area is 183 Å². The van der Waals surface area contributed by atoms with Crippen LogP contribution in [-0.4, -0.2) is 30.4 Å². The first-order chi connectivity index (χ1) is 15.1. The molecular weight excluding hydrogens is 392 g/mol. The van der Waals surface area contributed by atoms with E-state index in [9.17, 15) is 9.59 Å². The third-order valence-corrected chi connectivity index (χ3v) is 5.68. The smallest absolute Gasteiger partial charge is 0.311 e. The Hall–Kier alpha value is -3.33. The maximum absolute atomic E-state index is 13.2. The molecule has 6 heteroatoms. The molecule has 1 saturated heterocycles. The fourth-order valence-corrected chi connectivity index (χ4v) is 4.02. The first kappa shape index (κ1) is 22.4. The quantitative estimate of drug-likeness (QED) is 0.592. The summed E-state index contributed by atoms with van der Waals surface area (Å²) in [5.41, 5.74) is 2.20. The van der Waals surface area contributed by atoms with Gasteiger partial charge in [-0.05, 0) is 36.6 Å². The molecule has 1 amide bonds. The van der Waals surface area contributed by atoms with Crippen LogP contribution in [0.3, 0.4) is 0 Å². The summed E-state index contributed by atoms with van der Waals surface area (Å²) >= 11 is 0. The Morgan fingerprint density at radius 3 is 2.61 bits per heavy atom. The summed E-state index contributed by atoms with van der Waals surface area (Å²) in [6.45, 7) is 2.80. The van der Waals surface area contributed by atoms with Crippen molar-refractivity contribution in [1.29, 1.82) is 5.26 Å². The molecule has 2 atom stereocenters. The molecule has 2 aromatic carbocycles. The lowest BCUT2D eigenvalue weighted by Gasteiger charge is -2.41. The summed E-state index contributed by atoms with van der Waals surface area (Å²) in [5, 5.41) is 8.93. The van der Waals surface area contributed by atoms with Gasteiger partial charge in [0.05, 0.1) is 30.7 Å². The van der Waals surface area contributed by atoms with E-state index in [1.807, 2.05) is 29.2 Å². The van der Waals surface area contributed by atoms with Crippen LogP contribution in [0, 0.1) is 17.2 Å². The Bertz CT molecular complexity index is 949. The van der Waals surface area contributed by atoms with E-state index in [2.05, 4.69) is 13.0 Å². The highest BCUT2D eigenvalue weighted by Crippen LogP contribution is 2.41. The molecular formula is C25H28N2O4. The van der Waals surface area contributed by atoms with Gasteiger partial charge in [-0.25, -0.2) is 0 Å². The number of hydrogen-bond acceptors (Lipinski definition) is 5. The fourth-order valence-electron chi connectivity index (χ4n) is 4.02. The Kier molecular flexibility index (Phi) is 7.66. The van der Waals surface area contributed by atoms with Crippen LogP contribution in [-0.2, 0) is 20.9 Å². The molecule has 0 aromatic heterocycles. The molecule has 31 heavy (non-hydrogen) atoms. The molecule has 0 aliphatic carbocycles. The highest BCUT2D eigenvalue weighted by Gasteiger charge is 2.42. The van der Waals surface area contributed by atoms with Gasteiger partial charge in [-0.3, -0.25) is 9.59 Å². The number of esters is 1. The number of likely N-dealkylation sites (tertiary alicyclic amines) is 1. The lowest BCUT2D eigenvalue weighted by atomic mass is 9.83. The largest absolute Gasteiger partial charge is 0.496 e. The number of piperidine rings is 1. The minimum absolute atomic E-state index is 0.0560. The molecule has 1 aliphatic rings. The lowest BCUT2D eigenvalue weighted by Crippen LogP contribution is -2.46. The number of benzene rings is 2. The third kappa shape index (κ3) is 5.24. The second kappa shape index (κ2) is 10.6. The van der Waals surface area contributed by atoms with Gasteiger partial charge >= 0.3 is 5.97 Å². The van der Waals surface area contributed by atoms with Crippen molar-refractivity contribution < 1.29 is 19.1 Å². The van der Waals surface area contributed by atoms with Crippen LogP contribution in [0.2, 0.25) is 0 Å². The molecule has 0 saturated carbocycles. The Morgan fingerprint density at radius 1 is 1.19 bits per heavy atom. The van der Waals surface area contributed by atoms with Crippen molar-refractivity contribution in [2.24, 2.45) is 5.92 Å². The summed E-state index contributed by atoms with van der Waals surface area (Å²) in [4.78, 5) is 27.8. The van der Waals surface area contributed by atoms with E-state index in [-0.39, 0.29) is 18.5 Å². The van der Waals surface area contributed by atoms with E-state index in [4.69, 9.17) is 14.7 Å². The number of unbranched alkanes of at least 4 members (excludes halogenated alkanes) is 1. The molecule has 0 N–H and O–H groups in total. The highest BCUT2D eigenvalue weighted by atomic mass is 16.5. The van der Waals surface area contributed by atoms with Crippen molar-refractivity contribution >= 4 is 11.9 Å². The van der Waals surface area contributed by atoms with E-state index in [1.165, 1.54) is 0 Å². The third-order valence-electron chi connectivity index (χ3n) is 5.68. The van der Waals surface area contributed by atoms with Crippen LogP contribution < -0.4 is 4.74 Å². The monoisotopic (exact) mass is 420 g/mol. The molecule has 2 aromatic rings. The summed E-state index contributed by atoms with van der Waals surface area (Å²) in [7, 11) is 1.60. The number of nitrogens with zero attached hydrogens (tertiary/aromatic N) is 2. The van der Waals surface area contributed by atoms with Gasteiger partial charge in [0.1, 0.15) is 12.4 Å². The van der Waals surface area contributed by atoms with E-state index >= 15 is 0 Å². The maximum Gasteiger partial charge on any atom is 0.311 e. The normalized spacial score (nSPS) is 18.4.